The molecular weight excluding hydrogens is 736 g/mol. The van der Waals surface area contributed by atoms with Crippen molar-refractivity contribution in [2.24, 2.45) is 35.5 Å². The molecule has 57 heavy (non-hydrogen) atoms. The van der Waals surface area contributed by atoms with Crippen LogP contribution in [0.1, 0.15) is 88.5 Å². The minimum absolute atomic E-state index is 0.0413. The van der Waals surface area contributed by atoms with Crippen LogP contribution in [0.5, 0.6) is 0 Å². The summed E-state index contributed by atoms with van der Waals surface area (Å²) in [5.74, 6) is -5.84. The van der Waals surface area contributed by atoms with E-state index in [1.165, 1.54) is 20.3 Å². The first-order valence-corrected chi connectivity index (χ1v) is 20.4. The molecule has 0 amide bonds. The minimum atomic E-state index is -1.93. The molecule has 13 heteroatoms. The van der Waals surface area contributed by atoms with Gasteiger partial charge in [0, 0.05) is 49.5 Å². The number of hydrogen-bond donors (Lipinski definition) is 6. The molecule has 3 heterocycles. The molecular formula is C44H72O13. The highest BCUT2D eigenvalue weighted by Crippen LogP contribution is 2.42. The molecule has 13 nitrogen and oxygen atoms in total. The van der Waals surface area contributed by atoms with Gasteiger partial charge >= 0.3 is 5.97 Å². The van der Waals surface area contributed by atoms with Gasteiger partial charge < -0.3 is 59.1 Å². The third-order valence-corrected chi connectivity index (χ3v) is 12.3. The Kier molecular flexibility index (Phi) is 18.6. The fourth-order valence-electron chi connectivity index (χ4n) is 8.34. The Balaban J connectivity index is 2.01. The summed E-state index contributed by atoms with van der Waals surface area (Å²) in [4.78, 5) is 13.9. The van der Waals surface area contributed by atoms with Gasteiger partial charge in [-0.15, -0.1) is 0 Å². The van der Waals surface area contributed by atoms with Crippen molar-refractivity contribution in [2.75, 3.05) is 14.2 Å². The Morgan fingerprint density at radius 3 is 2.25 bits per heavy atom. The standard InChI is InChI=1S/C44H72O13/c1-13-15-33-27(6)36(55-37-21-32(45)41(49)31(10)54-37)22-44(51,57-33)30(9)40(48)29(8)42-34(52-11)17-14-16-23(2)18-25(4)38(46)28(7)39(47)26(5)19-24(3)20-35(53-12)43(50)56-42/h13-17,19-20,25-34,36-42,45-49,51H,18,21-22H2,1-12H3/b15-13+,17-14-,23-16+,24-19-,35-20-/t25-,26-,27-,28+,29+,30+,31-,32-,33-,34?,36-,37+,38+,39-,40-,41-,42-,44-/m1/s1. The molecule has 18 atom stereocenters. The molecule has 3 rings (SSSR count). The maximum absolute atomic E-state index is 13.9. The second-order valence-electron chi connectivity index (χ2n) is 16.9. The Morgan fingerprint density at radius 2 is 1.65 bits per heavy atom. The molecule has 1 unspecified atom stereocenters. The zero-order chi connectivity index (χ0) is 42.9. The smallest absolute Gasteiger partial charge is 0.373 e. The lowest BCUT2D eigenvalue weighted by Gasteiger charge is -2.49. The normalized spacial score (nSPS) is 44.5. The van der Waals surface area contributed by atoms with Crippen LogP contribution in [0, 0.1) is 35.5 Å². The summed E-state index contributed by atoms with van der Waals surface area (Å²) in [6.45, 7) is 18.1. The fourth-order valence-corrected chi connectivity index (χ4v) is 8.34. The van der Waals surface area contributed by atoms with Crippen LogP contribution in [0.4, 0.5) is 0 Å². The molecule has 2 saturated heterocycles. The molecule has 0 saturated carbocycles. The number of rotatable bonds is 9. The van der Waals surface area contributed by atoms with Crippen molar-refractivity contribution in [1.82, 2.24) is 0 Å². The molecule has 0 aromatic carbocycles. The zero-order valence-corrected chi connectivity index (χ0v) is 36.0. The van der Waals surface area contributed by atoms with Crippen molar-refractivity contribution in [2.45, 2.75) is 162 Å². The highest BCUT2D eigenvalue weighted by Gasteiger charge is 2.52. The van der Waals surface area contributed by atoms with Crippen LogP contribution in [-0.4, -0.2) is 124 Å². The van der Waals surface area contributed by atoms with Gasteiger partial charge in [-0.2, -0.15) is 0 Å². The molecule has 3 aliphatic rings. The van der Waals surface area contributed by atoms with Crippen molar-refractivity contribution >= 4 is 5.97 Å². The van der Waals surface area contributed by atoms with Gasteiger partial charge in [-0.25, -0.2) is 4.79 Å². The average molecular weight is 809 g/mol. The second kappa shape index (κ2) is 21.7. The molecule has 2 fully saturated rings. The summed E-state index contributed by atoms with van der Waals surface area (Å²) in [5, 5.41) is 67.3. The molecule has 0 radical (unpaired) electrons. The Morgan fingerprint density at radius 1 is 0.982 bits per heavy atom. The van der Waals surface area contributed by atoms with E-state index in [2.05, 4.69) is 0 Å². The van der Waals surface area contributed by atoms with Gasteiger partial charge in [0.2, 0.25) is 5.76 Å². The molecule has 0 bridgehead atoms. The monoisotopic (exact) mass is 808 g/mol. The fraction of sp³-hybridized carbons (Fsp3) is 0.750. The molecule has 0 aliphatic carbocycles. The predicted octanol–water partition coefficient (Wildman–Crippen LogP) is 4.49. The van der Waals surface area contributed by atoms with E-state index in [-0.39, 0.29) is 36.4 Å². The van der Waals surface area contributed by atoms with Crippen LogP contribution >= 0.6 is 0 Å². The number of ether oxygens (including phenoxy) is 6. The van der Waals surface area contributed by atoms with Crippen LogP contribution in [0.25, 0.3) is 0 Å². The van der Waals surface area contributed by atoms with E-state index in [0.29, 0.717) is 12.0 Å². The van der Waals surface area contributed by atoms with Crippen LogP contribution in [0.2, 0.25) is 0 Å². The van der Waals surface area contributed by atoms with Gasteiger partial charge in [0.15, 0.2) is 12.1 Å². The first-order valence-electron chi connectivity index (χ1n) is 20.4. The van der Waals surface area contributed by atoms with E-state index in [1.807, 2.05) is 65.8 Å². The van der Waals surface area contributed by atoms with E-state index >= 15 is 0 Å². The number of hydrogen-bond acceptors (Lipinski definition) is 13. The molecule has 0 spiro atoms. The molecule has 0 aromatic rings. The first-order chi connectivity index (χ1) is 26.7. The Labute approximate surface area is 340 Å². The van der Waals surface area contributed by atoms with Gasteiger partial charge in [0.05, 0.1) is 49.8 Å². The topological polar surface area (TPSA) is 194 Å². The summed E-state index contributed by atoms with van der Waals surface area (Å²) in [7, 11) is 2.82. The van der Waals surface area contributed by atoms with Crippen molar-refractivity contribution in [1.29, 1.82) is 0 Å². The summed E-state index contributed by atoms with van der Waals surface area (Å²) < 4.78 is 36.1. The number of aliphatic hydroxyl groups excluding tert-OH is 5. The van der Waals surface area contributed by atoms with Crippen molar-refractivity contribution in [3.8, 4) is 0 Å². The molecule has 326 valence electrons. The van der Waals surface area contributed by atoms with E-state index in [9.17, 15) is 35.4 Å². The third kappa shape index (κ3) is 12.5. The highest BCUT2D eigenvalue weighted by molar-refractivity contribution is 5.87. The van der Waals surface area contributed by atoms with Crippen molar-refractivity contribution in [3.63, 3.8) is 0 Å². The summed E-state index contributed by atoms with van der Waals surface area (Å²) >= 11 is 0. The van der Waals surface area contributed by atoms with Gasteiger partial charge in [0.1, 0.15) is 18.3 Å². The Bertz CT molecular complexity index is 1430. The maximum Gasteiger partial charge on any atom is 0.373 e. The van der Waals surface area contributed by atoms with Crippen LogP contribution in [0.3, 0.4) is 0 Å². The number of carbonyl (C=O) groups is 1. The third-order valence-electron chi connectivity index (χ3n) is 12.3. The lowest BCUT2D eigenvalue weighted by molar-refractivity contribution is -0.339. The SMILES string of the molecule is C/C=C/[C@H]1O[C@@](O)([C@@H](C)[C@H](O)[C@H](C)[C@H]2OC(=O)/C(OC)=C/C(C)=C\[C@@H](C)[C@@H](O)[C@@H](C)[C@@H](O)[C@H](C)C/C(C)=C/C=C\C2OC)C[C@@H](O[C@H]2C[C@@H](O)[C@H](O)[C@@H](C)O2)[C@@H]1C. The number of esters is 1. The molecule has 3 aliphatic heterocycles. The molecule has 0 aromatic heterocycles. The summed E-state index contributed by atoms with van der Waals surface area (Å²) in [6, 6.07) is 0. The number of carbonyl (C=O) groups excluding carboxylic acids is 1. The first kappa shape index (κ1) is 48.9. The van der Waals surface area contributed by atoms with Gasteiger partial charge in [0.25, 0.3) is 0 Å². The quantitative estimate of drug-likeness (QED) is 0.141. The van der Waals surface area contributed by atoms with E-state index < -0.39 is 96.8 Å². The summed E-state index contributed by atoms with van der Waals surface area (Å²) in [6.07, 6.45) is 3.15. The highest BCUT2D eigenvalue weighted by atomic mass is 16.7. The summed E-state index contributed by atoms with van der Waals surface area (Å²) in [5.41, 5.74) is 1.60. The minimum Gasteiger partial charge on any atom is -0.490 e. The Hall–Kier alpha value is -2.43. The number of allylic oxidation sites excluding steroid dienone is 6. The largest absolute Gasteiger partial charge is 0.490 e. The average Bonchev–Trinajstić information content (AvgIpc) is 3.16. The van der Waals surface area contributed by atoms with Crippen molar-refractivity contribution < 1.29 is 63.9 Å². The van der Waals surface area contributed by atoms with Gasteiger partial charge in [-0.1, -0.05) is 89.1 Å². The molecule has 6 N–H and O–H groups in total. The van der Waals surface area contributed by atoms with E-state index in [1.54, 1.807) is 39.8 Å². The van der Waals surface area contributed by atoms with Gasteiger partial charge in [-0.05, 0) is 46.1 Å². The van der Waals surface area contributed by atoms with E-state index in [4.69, 9.17) is 28.4 Å². The number of aliphatic hydroxyl groups is 6. The lowest BCUT2D eigenvalue weighted by Crippen LogP contribution is -2.59. The maximum atomic E-state index is 13.9. The zero-order valence-electron chi connectivity index (χ0n) is 36.0. The van der Waals surface area contributed by atoms with Crippen LogP contribution < -0.4 is 0 Å². The lowest BCUT2D eigenvalue weighted by atomic mass is 9.77. The van der Waals surface area contributed by atoms with Crippen LogP contribution in [-0.2, 0) is 33.2 Å². The number of methoxy groups -OCH3 is 2. The predicted molar refractivity (Wildman–Crippen MR) is 215 cm³/mol. The van der Waals surface area contributed by atoms with Crippen molar-refractivity contribution in [3.05, 3.63) is 59.4 Å². The van der Waals surface area contributed by atoms with Gasteiger partial charge in [-0.3, -0.25) is 0 Å². The number of cyclic esters (lactones) is 1. The van der Waals surface area contributed by atoms with Crippen LogP contribution in [0.15, 0.2) is 59.4 Å². The second-order valence-corrected chi connectivity index (χ2v) is 16.9. The van der Waals surface area contributed by atoms with E-state index in [0.717, 1.165) is 5.57 Å².